The Morgan fingerprint density at radius 2 is 1.93 bits per heavy atom. The van der Waals surface area contributed by atoms with E-state index >= 15 is 0 Å². The Kier molecular flexibility index (Phi) is 7.76. The highest BCUT2D eigenvalue weighted by Crippen LogP contribution is 2.17. The summed E-state index contributed by atoms with van der Waals surface area (Å²) < 4.78 is 1.14. The van der Waals surface area contributed by atoms with E-state index in [9.17, 15) is 0 Å². The average molecular weight is 384 g/mol. The second kappa shape index (κ2) is 7.92. The lowest BCUT2D eigenvalue weighted by molar-refractivity contribution is 0.828. The molecule has 4 N–H and O–H groups in total. The predicted molar refractivity (Wildman–Crippen MR) is 78.6 cm³/mol. The molecule has 3 nitrogen and oxygen atoms in total. The van der Waals surface area contributed by atoms with Gasteiger partial charge in [0.2, 0.25) is 0 Å². The van der Waals surface area contributed by atoms with Crippen molar-refractivity contribution >= 4 is 45.9 Å². The van der Waals surface area contributed by atoms with Crippen molar-refractivity contribution in [3.8, 4) is 0 Å². The Hall–Kier alpha value is -0.300. The minimum atomic E-state index is 0. The maximum atomic E-state index is 5.22. The highest BCUT2D eigenvalue weighted by atomic mass is 127. The fraction of sp³-hybridized carbons (Fsp3) is 0.300. The van der Waals surface area contributed by atoms with Crippen molar-refractivity contribution in [2.45, 2.75) is 12.8 Å². The first-order chi connectivity index (χ1) is 6.70. The second-order valence-corrected chi connectivity index (χ2v) is 3.86. The number of guanidine groups is 1. The van der Waals surface area contributed by atoms with Crippen molar-refractivity contribution in [2.24, 2.45) is 16.5 Å². The van der Waals surface area contributed by atoms with E-state index in [-0.39, 0.29) is 29.9 Å². The lowest BCUT2D eigenvalue weighted by Crippen LogP contribution is -2.23. The third kappa shape index (κ3) is 5.99. The van der Waals surface area contributed by atoms with Crippen LogP contribution in [0.15, 0.2) is 33.7 Å². The van der Waals surface area contributed by atoms with Crippen LogP contribution < -0.4 is 11.5 Å². The van der Waals surface area contributed by atoms with Crippen LogP contribution in [0, 0.1) is 0 Å². The molecular weight excluding hydrogens is 369 g/mol. The Bertz CT molecular complexity index is 324. The van der Waals surface area contributed by atoms with Gasteiger partial charge in [-0.15, -0.1) is 24.0 Å². The van der Waals surface area contributed by atoms with Crippen LogP contribution >= 0.6 is 39.9 Å². The lowest BCUT2D eigenvalue weighted by Gasteiger charge is -2.02. The summed E-state index contributed by atoms with van der Waals surface area (Å²) in [6.45, 7) is 0.684. The van der Waals surface area contributed by atoms with E-state index < -0.39 is 0 Å². The first-order valence-corrected chi connectivity index (χ1v) is 5.28. The fourth-order valence-electron chi connectivity index (χ4n) is 1.18. The topological polar surface area (TPSA) is 64.4 Å². The van der Waals surface area contributed by atoms with Gasteiger partial charge in [-0.1, -0.05) is 34.1 Å². The van der Waals surface area contributed by atoms with Crippen molar-refractivity contribution in [2.75, 3.05) is 6.54 Å². The first-order valence-electron chi connectivity index (χ1n) is 4.49. The van der Waals surface area contributed by atoms with Gasteiger partial charge >= 0.3 is 0 Å². The van der Waals surface area contributed by atoms with Crippen LogP contribution in [0.4, 0.5) is 0 Å². The van der Waals surface area contributed by atoms with Crippen LogP contribution in [0.3, 0.4) is 0 Å². The quantitative estimate of drug-likeness (QED) is 0.362. The average Bonchev–Trinajstić information content (AvgIpc) is 2.15. The zero-order valence-electron chi connectivity index (χ0n) is 8.32. The number of nitrogens with zero attached hydrogens (tertiary/aromatic N) is 1. The summed E-state index contributed by atoms with van der Waals surface area (Å²) >= 11 is 3.49. The third-order valence-electron chi connectivity index (χ3n) is 1.86. The molecule has 0 aliphatic heterocycles. The van der Waals surface area contributed by atoms with Gasteiger partial charge in [-0.3, -0.25) is 4.99 Å². The van der Waals surface area contributed by atoms with Crippen LogP contribution in [0.5, 0.6) is 0 Å². The van der Waals surface area contributed by atoms with Crippen molar-refractivity contribution in [1.82, 2.24) is 0 Å². The third-order valence-corrected chi connectivity index (χ3v) is 2.63. The van der Waals surface area contributed by atoms with E-state index in [4.69, 9.17) is 11.5 Å². The first kappa shape index (κ1) is 14.7. The summed E-state index contributed by atoms with van der Waals surface area (Å²) in [4.78, 5) is 3.93. The van der Waals surface area contributed by atoms with Crippen molar-refractivity contribution < 1.29 is 0 Å². The van der Waals surface area contributed by atoms with Crippen LogP contribution in [0.25, 0.3) is 0 Å². The summed E-state index contributed by atoms with van der Waals surface area (Å²) in [6.07, 6.45) is 1.94. The number of nitrogens with two attached hydrogens (primary N) is 2. The molecule has 84 valence electrons. The maximum Gasteiger partial charge on any atom is 0.185 e. The molecule has 0 bridgehead atoms. The van der Waals surface area contributed by atoms with E-state index in [0.717, 1.165) is 17.3 Å². The van der Waals surface area contributed by atoms with E-state index in [1.165, 1.54) is 5.56 Å². The van der Waals surface area contributed by atoms with Gasteiger partial charge in [-0.2, -0.15) is 0 Å². The normalized spacial score (nSPS) is 9.13. The molecule has 0 spiro atoms. The minimum absolute atomic E-state index is 0. The molecule has 0 atom stereocenters. The van der Waals surface area contributed by atoms with Crippen LogP contribution in [-0.2, 0) is 6.42 Å². The highest BCUT2D eigenvalue weighted by Gasteiger charge is 1.97. The van der Waals surface area contributed by atoms with E-state index in [1.807, 2.05) is 18.2 Å². The smallest absolute Gasteiger partial charge is 0.185 e. The Labute approximate surface area is 115 Å². The van der Waals surface area contributed by atoms with Gasteiger partial charge in [0, 0.05) is 11.0 Å². The Morgan fingerprint density at radius 3 is 2.53 bits per heavy atom. The molecule has 0 aliphatic carbocycles. The van der Waals surface area contributed by atoms with Gasteiger partial charge in [0.15, 0.2) is 5.96 Å². The number of hydrogen-bond acceptors (Lipinski definition) is 1. The number of rotatable bonds is 4. The van der Waals surface area contributed by atoms with Crippen molar-refractivity contribution in [3.63, 3.8) is 0 Å². The summed E-state index contributed by atoms with van der Waals surface area (Å²) in [5, 5.41) is 0. The molecule has 0 saturated heterocycles. The van der Waals surface area contributed by atoms with Crippen molar-refractivity contribution in [1.29, 1.82) is 0 Å². The van der Waals surface area contributed by atoms with Gasteiger partial charge in [0.05, 0.1) is 0 Å². The summed E-state index contributed by atoms with van der Waals surface area (Å²) in [5.41, 5.74) is 11.7. The molecule has 0 unspecified atom stereocenters. The van der Waals surface area contributed by atoms with E-state index in [1.54, 1.807) is 0 Å². The molecule has 0 saturated carbocycles. The predicted octanol–water partition coefficient (Wildman–Crippen LogP) is 2.27. The molecule has 1 aromatic rings. The standard InChI is InChI=1S/C10H14BrN3.HI/c11-9-6-2-1-4-8(9)5-3-7-14-10(12)13;/h1-2,4,6H,3,5,7H2,(H4,12,13,14);1H. The van der Waals surface area contributed by atoms with Gasteiger partial charge in [0.1, 0.15) is 0 Å². The minimum Gasteiger partial charge on any atom is -0.370 e. The molecular formula is C10H15BrIN3. The van der Waals surface area contributed by atoms with Crippen LogP contribution in [0.1, 0.15) is 12.0 Å². The van der Waals surface area contributed by atoms with E-state index in [2.05, 4.69) is 27.0 Å². The number of aryl methyl sites for hydroxylation is 1. The molecule has 1 rings (SSSR count). The molecule has 0 fully saturated rings. The SMILES string of the molecule is I.NC(N)=NCCCc1ccccc1Br. The molecule has 15 heavy (non-hydrogen) atoms. The molecule has 0 heterocycles. The number of benzene rings is 1. The van der Waals surface area contributed by atoms with Crippen LogP contribution in [-0.4, -0.2) is 12.5 Å². The number of aliphatic imine (C=N–C) groups is 1. The number of halogens is 2. The zero-order valence-corrected chi connectivity index (χ0v) is 12.2. The maximum absolute atomic E-state index is 5.22. The largest absolute Gasteiger partial charge is 0.370 e. The molecule has 0 amide bonds. The summed E-state index contributed by atoms with van der Waals surface area (Å²) in [5.74, 6) is 0.164. The summed E-state index contributed by atoms with van der Waals surface area (Å²) in [6, 6.07) is 8.17. The molecule has 0 radical (unpaired) electrons. The second-order valence-electron chi connectivity index (χ2n) is 3.00. The van der Waals surface area contributed by atoms with E-state index in [0.29, 0.717) is 6.54 Å². The Morgan fingerprint density at radius 1 is 1.27 bits per heavy atom. The Balaban J connectivity index is 0.00000196. The van der Waals surface area contributed by atoms with Gasteiger partial charge in [0.25, 0.3) is 0 Å². The molecule has 0 aliphatic rings. The summed E-state index contributed by atoms with van der Waals surface area (Å²) in [7, 11) is 0. The zero-order chi connectivity index (χ0) is 10.4. The molecule has 0 aromatic heterocycles. The van der Waals surface area contributed by atoms with Crippen molar-refractivity contribution in [3.05, 3.63) is 34.3 Å². The van der Waals surface area contributed by atoms with Gasteiger partial charge < -0.3 is 11.5 Å². The molecule has 1 aromatic carbocycles. The highest BCUT2D eigenvalue weighted by molar-refractivity contribution is 14.0. The van der Waals surface area contributed by atoms with Gasteiger partial charge in [-0.05, 0) is 24.5 Å². The van der Waals surface area contributed by atoms with Gasteiger partial charge in [-0.25, -0.2) is 0 Å². The molecule has 5 heteroatoms. The number of hydrogen-bond donors (Lipinski definition) is 2. The monoisotopic (exact) mass is 383 g/mol. The lowest BCUT2D eigenvalue weighted by atomic mass is 10.1. The fourth-order valence-corrected chi connectivity index (χ4v) is 1.66. The van der Waals surface area contributed by atoms with Crippen LogP contribution in [0.2, 0.25) is 0 Å².